The van der Waals surface area contributed by atoms with E-state index in [0.29, 0.717) is 18.8 Å². The predicted molar refractivity (Wildman–Crippen MR) is 112 cm³/mol. The second-order valence-electron chi connectivity index (χ2n) is 6.50. The van der Waals surface area contributed by atoms with E-state index in [1.165, 1.54) is 17.3 Å². The van der Waals surface area contributed by atoms with Crippen LogP contribution in [0.5, 0.6) is 0 Å². The highest BCUT2D eigenvalue weighted by atomic mass is 32.2. The van der Waals surface area contributed by atoms with Gasteiger partial charge in [0.2, 0.25) is 11.8 Å². The molecule has 0 aromatic heterocycles. The number of carbonyl (C=O) groups is 2. The molecule has 0 spiro atoms. The number of likely N-dealkylation sites (N-methyl/N-ethyl adjacent to an activating group) is 1. The Morgan fingerprint density at radius 3 is 2.37 bits per heavy atom. The molecule has 0 saturated carbocycles. The van der Waals surface area contributed by atoms with Crippen LogP contribution in [0.25, 0.3) is 0 Å². The Labute approximate surface area is 166 Å². The first-order chi connectivity index (χ1) is 13.0. The van der Waals surface area contributed by atoms with Crippen LogP contribution in [0, 0.1) is 6.92 Å². The third-order valence-corrected chi connectivity index (χ3v) is 5.38. The van der Waals surface area contributed by atoms with Gasteiger partial charge in [-0.2, -0.15) is 0 Å². The molecule has 1 atom stereocenters. The first-order valence-electron chi connectivity index (χ1n) is 9.31. The first kappa shape index (κ1) is 21.0. The molecule has 0 unspecified atom stereocenters. The number of hydrogen-bond acceptors (Lipinski definition) is 3. The van der Waals surface area contributed by atoms with Crippen LogP contribution in [-0.4, -0.2) is 41.6 Å². The van der Waals surface area contributed by atoms with Gasteiger partial charge in [0.1, 0.15) is 6.04 Å². The highest BCUT2D eigenvalue weighted by Crippen LogP contribution is 2.19. The van der Waals surface area contributed by atoms with Crippen molar-refractivity contribution in [3.8, 4) is 0 Å². The Balaban J connectivity index is 2.03. The molecule has 144 valence electrons. The highest BCUT2D eigenvalue weighted by molar-refractivity contribution is 8.00. The average Bonchev–Trinajstić information content (AvgIpc) is 2.68. The Bertz CT molecular complexity index is 732. The fourth-order valence-corrected chi connectivity index (χ4v) is 3.54. The van der Waals surface area contributed by atoms with Crippen LogP contribution in [0.2, 0.25) is 0 Å². The molecule has 4 nitrogen and oxygen atoms in total. The van der Waals surface area contributed by atoms with E-state index < -0.39 is 6.04 Å². The lowest BCUT2D eigenvalue weighted by Crippen LogP contribution is -2.49. The fraction of sp³-hybridized carbons (Fsp3) is 0.364. The first-order valence-corrected chi connectivity index (χ1v) is 10.3. The predicted octanol–water partition coefficient (Wildman–Crippen LogP) is 3.68. The van der Waals surface area contributed by atoms with Crippen molar-refractivity contribution in [1.82, 2.24) is 10.2 Å². The lowest BCUT2D eigenvalue weighted by molar-refractivity contribution is -0.137. The molecule has 27 heavy (non-hydrogen) atoms. The molecule has 2 rings (SSSR count). The van der Waals surface area contributed by atoms with E-state index in [1.54, 1.807) is 11.8 Å². The normalized spacial score (nSPS) is 11.7. The van der Waals surface area contributed by atoms with Crippen LogP contribution < -0.4 is 5.32 Å². The van der Waals surface area contributed by atoms with Crippen molar-refractivity contribution in [2.24, 2.45) is 0 Å². The lowest BCUT2D eigenvalue weighted by Gasteiger charge is -2.28. The summed E-state index contributed by atoms with van der Waals surface area (Å²) in [5, 5.41) is 2.82. The number of nitrogens with one attached hydrogen (secondary N) is 1. The van der Waals surface area contributed by atoms with Gasteiger partial charge in [-0.25, -0.2) is 0 Å². The van der Waals surface area contributed by atoms with E-state index >= 15 is 0 Å². The molecule has 2 aromatic carbocycles. The van der Waals surface area contributed by atoms with E-state index in [2.05, 4.69) is 5.32 Å². The maximum atomic E-state index is 12.9. The summed E-state index contributed by atoms with van der Waals surface area (Å²) in [5.74, 6) is 0.191. The minimum atomic E-state index is -0.486. The quantitative estimate of drug-likeness (QED) is 0.671. The molecule has 0 bridgehead atoms. The van der Waals surface area contributed by atoms with Crippen molar-refractivity contribution < 1.29 is 9.59 Å². The summed E-state index contributed by atoms with van der Waals surface area (Å²) in [6.07, 6.45) is 0.728. The van der Waals surface area contributed by atoms with Crippen LogP contribution in [-0.2, 0) is 16.0 Å². The van der Waals surface area contributed by atoms with Crippen molar-refractivity contribution in [3.05, 3.63) is 65.7 Å². The summed E-state index contributed by atoms with van der Waals surface area (Å²) in [4.78, 5) is 27.9. The number of amides is 2. The Kier molecular flexibility index (Phi) is 8.40. The van der Waals surface area contributed by atoms with Crippen molar-refractivity contribution in [2.45, 2.75) is 38.1 Å². The SMILES string of the molecule is CCNC(=O)[C@H](C)N(CCc1ccccc1)C(=O)CSc1ccc(C)cc1. The highest BCUT2D eigenvalue weighted by Gasteiger charge is 2.25. The summed E-state index contributed by atoms with van der Waals surface area (Å²) in [5.41, 5.74) is 2.35. The lowest BCUT2D eigenvalue weighted by atomic mass is 10.1. The van der Waals surface area contributed by atoms with Crippen LogP contribution in [0.4, 0.5) is 0 Å². The van der Waals surface area contributed by atoms with Crippen LogP contribution in [0.15, 0.2) is 59.5 Å². The van der Waals surface area contributed by atoms with E-state index in [4.69, 9.17) is 0 Å². The summed E-state index contributed by atoms with van der Waals surface area (Å²) < 4.78 is 0. The second kappa shape index (κ2) is 10.8. The third-order valence-electron chi connectivity index (χ3n) is 4.39. The monoisotopic (exact) mass is 384 g/mol. The fourth-order valence-electron chi connectivity index (χ4n) is 2.75. The Hall–Kier alpha value is -2.27. The molecule has 0 aliphatic rings. The number of benzene rings is 2. The maximum absolute atomic E-state index is 12.9. The van der Waals surface area contributed by atoms with Gasteiger partial charge in [0, 0.05) is 18.0 Å². The standard InChI is InChI=1S/C22H28N2O2S/c1-4-23-22(26)18(3)24(15-14-19-8-6-5-7-9-19)21(25)16-27-20-12-10-17(2)11-13-20/h5-13,18H,4,14-16H2,1-3H3,(H,23,26)/t18-/m0/s1. The number of carbonyl (C=O) groups excluding carboxylic acids is 2. The number of rotatable bonds is 9. The molecule has 0 aliphatic heterocycles. The van der Waals surface area contributed by atoms with Gasteiger partial charge in [0.15, 0.2) is 0 Å². The summed E-state index contributed by atoms with van der Waals surface area (Å²) in [6, 6.07) is 17.7. The van der Waals surface area contributed by atoms with E-state index in [9.17, 15) is 9.59 Å². The summed E-state index contributed by atoms with van der Waals surface area (Å²) in [7, 11) is 0. The average molecular weight is 385 g/mol. The molecule has 0 saturated heterocycles. The van der Waals surface area contributed by atoms with E-state index in [1.807, 2.05) is 68.4 Å². The molecule has 0 radical (unpaired) electrons. The summed E-state index contributed by atoms with van der Waals surface area (Å²) >= 11 is 1.51. The van der Waals surface area contributed by atoms with Crippen LogP contribution in [0.1, 0.15) is 25.0 Å². The maximum Gasteiger partial charge on any atom is 0.242 e. The molecular formula is C22H28N2O2S. The van der Waals surface area contributed by atoms with Gasteiger partial charge in [-0.3, -0.25) is 9.59 Å². The zero-order valence-electron chi connectivity index (χ0n) is 16.3. The number of aryl methyl sites for hydroxylation is 1. The summed E-state index contributed by atoms with van der Waals surface area (Å²) in [6.45, 7) is 6.80. The molecule has 0 aliphatic carbocycles. The van der Waals surface area contributed by atoms with Gasteiger partial charge in [-0.15, -0.1) is 11.8 Å². The van der Waals surface area contributed by atoms with Crippen molar-refractivity contribution >= 4 is 23.6 Å². The number of nitrogens with zero attached hydrogens (tertiary/aromatic N) is 1. The third kappa shape index (κ3) is 6.75. The molecule has 1 N–H and O–H groups in total. The van der Waals surface area contributed by atoms with Crippen molar-refractivity contribution in [3.63, 3.8) is 0 Å². The molecule has 0 heterocycles. The molecular weight excluding hydrogens is 356 g/mol. The van der Waals surface area contributed by atoms with E-state index in [0.717, 1.165) is 16.9 Å². The number of thioether (sulfide) groups is 1. The van der Waals surface area contributed by atoms with Gasteiger partial charge >= 0.3 is 0 Å². The number of hydrogen-bond donors (Lipinski definition) is 1. The van der Waals surface area contributed by atoms with Gasteiger partial charge < -0.3 is 10.2 Å². The van der Waals surface area contributed by atoms with Crippen LogP contribution >= 0.6 is 11.8 Å². The van der Waals surface area contributed by atoms with E-state index in [-0.39, 0.29) is 11.8 Å². The van der Waals surface area contributed by atoms with Crippen molar-refractivity contribution in [1.29, 1.82) is 0 Å². The smallest absolute Gasteiger partial charge is 0.242 e. The largest absolute Gasteiger partial charge is 0.355 e. The topological polar surface area (TPSA) is 49.4 Å². The zero-order chi connectivity index (χ0) is 19.6. The minimum Gasteiger partial charge on any atom is -0.355 e. The Morgan fingerprint density at radius 2 is 1.74 bits per heavy atom. The Morgan fingerprint density at radius 1 is 1.07 bits per heavy atom. The molecule has 2 aromatic rings. The van der Waals surface area contributed by atoms with Crippen molar-refractivity contribution in [2.75, 3.05) is 18.8 Å². The van der Waals surface area contributed by atoms with Gasteiger partial charge in [-0.05, 0) is 44.9 Å². The molecule has 2 amide bonds. The second-order valence-corrected chi connectivity index (χ2v) is 7.54. The van der Waals surface area contributed by atoms with Gasteiger partial charge in [0.05, 0.1) is 5.75 Å². The molecule has 5 heteroatoms. The van der Waals surface area contributed by atoms with Gasteiger partial charge in [-0.1, -0.05) is 48.0 Å². The van der Waals surface area contributed by atoms with Gasteiger partial charge in [0.25, 0.3) is 0 Å². The van der Waals surface area contributed by atoms with Crippen LogP contribution in [0.3, 0.4) is 0 Å². The minimum absolute atomic E-state index is 0.0183. The zero-order valence-corrected chi connectivity index (χ0v) is 17.1. The molecule has 0 fully saturated rings.